The van der Waals surface area contributed by atoms with Crippen LogP contribution in [0, 0.1) is 0 Å². The van der Waals surface area contributed by atoms with Crippen LogP contribution in [0.4, 0.5) is 0 Å². The maximum absolute atomic E-state index is 11.8. The van der Waals surface area contributed by atoms with Crippen molar-refractivity contribution >= 4 is 5.91 Å². The van der Waals surface area contributed by atoms with Crippen molar-refractivity contribution in [3.05, 3.63) is 42.2 Å². The van der Waals surface area contributed by atoms with E-state index < -0.39 is 0 Å². The lowest BCUT2D eigenvalue weighted by Gasteiger charge is -2.14. The van der Waals surface area contributed by atoms with E-state index in [-0.39, 0.29) is 11.7 Å². The lowest BCUT2D eigenvalue weighted by atomic mass is 10.2. The number of nitrogens with zero attached hydrogens (tertiary/aromatic N) is 4. The molecule has 1 amide bonds. The van der Waals surface area contributed by atoms with E-state index >= 15 is 0 Å². The Hall–Kier alpha value is -2.24. The molecule has 0 fully saturated rings. The van der Waals surface area contributed by atoms with Crippen LogP contribution in [0.1, 0.15) is 16.2 Å². The van der Waals surface area contributed by atoms with Crippen molar-refractivity contribution in [2.75, 3.05) is 7.05 Å². The number of hydrogen-bond donors (Lipinski definition) is 1. The summed E-state index contributed by atoms with van der Waals surface area (Å²) in [5.74, 6) is 0.0488. The van der Waals surface area contributed by atoms with Gasteiger partial charge in [0.05, 0.1) is 0 Å². The third kappa shape index (κ3) is 2.22. The Bertz CT molecular complexity index is 453. The molecule has 0 radical (unpaired) electrons. The van der Waals surface area contributed by atoms with Gasteiger partial charge in [-0.1, -0.05) is 6.07 Å². The molecule has 16 heavy (non-hydrogen) atoms. The van der Waals surface area contributed by atoms with Crippen molar-refractivity contribution in [1.29, 1.82) is 0 Å². The molecule has 0 aliphatic heterocycles. The largest absolute Gasteiger partial charge is 0.335 e. The van der Waals surface area contributed by atoms with E-state index in [1.807, 2.05) is 12.1 Å². The number of hydrogen-bond acceptors (Lipinski definition) is 4. The Morgan fingerprint density at radius 1 is 1.56 bits per heavy atom. The van der Waals surface area contributed by atoms with Crippen molar-refractivity contribution < 1.29 is 4.79 Å². The number of carbonyl (C=O) groups is 1. The Morgan fingerprint density at radius 2 is 2.44 bits per heavy atom. The second-order valence-corrected chi connectivity index (χ2v) is 3.36. The molecule has 0 saturated heterocycles. The summed E-state index contributed by atoms with van der Waals surface area (Å²) >= 11 is 0. The number of pyridine rings is 1. The fourth-order valence-corrected chi connectivity index (χ4v) is 1.33. The normalized spacial score (nSPS) is 10.1. The van der Waals surface area contributed by atoms with Crippen LogP contribution in [-0.2, 0) is 6.54 Å². The molecule has 6 nitrogen and oxygen atoms in total. The van der Waals surface area contributed by atoms with Crippen molar-refractivity contribution in [3.63, 3.8) is 0 Å². The highest BCUT2D eigenvalue weighted by molar-refractivity contribution is 5.90. The molecule has 1 N–H and O–H groups in total. The molecule has 0 aliphatic rings. The van der Waals surface area contributed by atoms with Gasteiger partial charge in [0, 0.05) is 26.0 Å². The molecule has 0 spiro atoms. The van der Waals surface area contributed by atoms with E-state index in [0.29, 0.717) is 6.54 Å². The van der Waals surface area contributed by atoms with Crippen LogP contribution in [0.5, 0.6) is 0 Å². The second-order valence-electron chi connectivity index (χ2n) is 3.36. The molecule has 0 atom stereocenters. The summed E-state index contributed by atoms with van der Waals surface area (Å²) in [6, 6.07) is 3.75. The molecule has 2 heterocycles. The lowest BCUT2D eigenvalue weighted by Crippen LogP contribution is -2.27. The van der Waals surface area contributed by atoms with Crippen molar-refractivity contribution in [3.8, 4) is 0 Å². The minimum absolute atomic E-state index is 0.193. The van der Waals surface area contributed by atoms with Gasteiger partial charge in [-0.3, -0.25) is 14.9 Å². The first-order valence-corrected chi connectivity index (χ1v) is 4.77. The molecule has 2 rings (SSSR count). The van der Waals surface area contributed by atoms with Crippen LogP contribution < -0.4 is 0 Å². The number of aromatic nitrogens is 4. The second kappa shape index (κ2) is 4.52. The highest BCUT2D eigenvalue weighted by Gasteiger charge is 2.14. The number of amides is 1. The summed E-state index contributed by atoms with van der Waals surface area (Å²) in [4.78, 5) is 21.1. The Kier molecular flexibility index (Phi) is 2.90. The van der Waals surface area contributed by atoms with Gasteiger partial charge in [0.1, 0.15) is 6.33 Å². The van der Waals surface area contributed by atoms with Crippen LogP contribution in [0.3, 0.4) is 0 Å². The fraction of sp³-hybridized carbons (Fsp3) is 0.200. The molecule has 6 heteroatoms. The summed E-state index contributed by atoms with van der Waals surface area (Å²) in [6.07, 6.45) is 4.73. The molecule has 82 valence electrons. The minimum Gasteiger partial charge on any atom is -0.335 e. The zero-order chi connectivity index (χ0) is 11.4. The quantitative estimate of drug-likeness (QED) is 0.811. The van der Waals surface area contributed by atoms with E-state index in [1.165, 1.54) is 6.33 Å². The summed E-state index contributed by atoms with van der Waals surface area (Å²) in [6.45, 7) is 0.493. The first kappa shape index (κ1) is 10.3. The van der Waals surface area contributed by atoms with Gasteiger partial charge in [0.25, 0.3) is 5.91 Å². The van der Waals surface area contributed by atoms with E-state index in [9.17, 15) is 4.79 Å². The van der Waals surface area contributed by atoms with E-state index in [2.05, 4.69) is 20.2 Å². The van der Waals surface area contributed by atoms with E-state index in [4.69, 9.17) is 0 Å². The Labute approximate surface area is 92.3 Å². The average Bonchev–Trinajstić information content (AvgIpc) is 2.83. The number of nitrogens with one attached hydrogen (secondary N) is 1. The third-order valence-corrected chi connectivity index (χ3v) is 2.11. The Balaban J connectivity index is 2.04. The zero-order valence-corrected chi connectivity index (χ0v) is 8.79. The van der Waals surface area contributed by atoms with Gasteiger partial charge >= 0.3 is 0 Å². The summed E-state index contributed by atoms with van der Waals surface area (Å²) in [5, 5.41) is 6.17. The van der Waals surface area contributed by atoms with Gasteiger partial charge in [-0.05, 0) is 11.6 Å². The van der Waals surface area contributed by atoms with E-state index in [0.717, 1.165) is 5.56 Å². The number of rotatable bonds is 3. The first-order chi connectivity index (χ1) is 7.77. The SMILES string of the molecule is CN(Cc1cccnc1)C(=O)c1ncn[nH]1. The Morgan fingerprint density at radius 3 is 3.06 bits per heavy atom. The summed E-state index contributed by atoms with van der Waals surface area (Å²) in [5.41, 5.74) is 0.970. The molecular weight excluding hydrogens is 206 g/mol. The molecule has 0 aromatic carbocycles. The summed E-state index contributed by atoms with van der Waals surface area (Å²) in [7, 11) is 1.71. The molecule has 0 bridgehead atoms. The van der Waals surface area contributed by atoms with Gasteiger partial charge in [-0.2, -0.15) is 5.10 Å². The van der Waals surface area contributed by atoms with Gasteiger partial charge in [-0.25, -0.2) is 4.98 Å². The number of aromatic amines is 1. The van der Waals surface area contributed by atoms with Crippen molar-refractivity contribution in [1.82, 2.24) is 25.1 Å². The highest BCUT2D eigenvalue weighted by atomic mass is 16.2. The van der Waals surface area contributed by atoms with E-state index in [1.54, 1.807) is 24.3 Å². The smallest absolute Gasteiger partial charge is 0.291 e. The van der Waals surface area contributed by atoms with Crippen LogP contribution in [0.25, 0.3) is 0 Å². The maximum Gasteiger partial charge on any atom is 0.291 e. The molecule has 2 aromatic rings. The summed E-state index contributed by atoms with van der Waals surface area (Å²) < 4.78 is 0. The third-order valence-electron chi connectivity index (χ3n) is 2.11. The molecule has 0 aliphatic carbocycles. The predicted molar refractivity (Wildman–Crippen MR) is 56.4 cm³/mol. The zero-order valence-electron chi connectivity index (χ0n) is 8.79. The van der Waals surface area contributed by atoms with Gasteiger partial charge in [0.2, 0.25) is 5.82 Å². The highest BCUT2D eigenvalue weighted by Crippen LogP contribution is 2.03. The van der Waals surface area contributed by atoms with Crippen LogP contribution >= 0.6 is 0 Å². The average molecular weight is 217 g/mol. The van der Waals surface area contributed by atoms with Crippen molar-refractivity contribution in [2.24, 2.45) is 0 Å². The van der Waals surface area contributed by atoms with Gasteiger partial charge < -0.3 is 4.90 Å². The molecular formula is C10H11N5O. The molecule has 0 saturated carbocycles. The number of carbonyl (C=O) groups excluding carboxylic acids is 1. The number of H-pyrrole nitrogens is 1. The van der Waals surface area contributed by atoms with Crippen molar-refractivity contribution in [2.45, 2.75) is 6.54 Å². The lowest BCUT2D eigenvalue weighted by molar-refractivity contribution is 0.0773. The molecule has 0 unspecified atom stereocenters. The van der Waals surface area contributed by atoms with Gasteiger partial charge in [0.15, 0.2) is 0 Å². The monoisotopic (exact) mass is 217 g/mol. The van der Waals surface area contributed by atoms with Crippen LogP contribution in [0.15, 0.2) is 30.9 Å². The maximum atomic E-state index is 11.8. The van der Waals surface area contributed by atoms with Crippen LogP contribution in [0.2, 0.25) is 0 Å². The minimum atomic E-state index is -0.193. The van der Waals surface area contributed by atoms with Gasteiger partial charge in [-0.15, -0.1) is 0 Å². The first-order valence-electron chi connectivity index (χ1n) is 4.77. The van der Waals surface area contributed by atoms with Crippen LogP contribution in [-0.4, -0.2) is 38.0 Å². The predicted octanol–water partition coefficient (Wildman–Crippen LogP) is 0.472. The molecule has 2 aromatic heterocycles. The topological polar surface area (TPSA) is 74.8 Å². The fourth-order valence-electron chi connectivity index (χ4n) is 1.33. The standard InChI is InChI=1S/C10H11N5O/c1-15(6-8-3-2-4-11-5-8)10(16)9-12-7-13-14-9/h2-5,7H,6H2,1H3,(H,12,13,14).